The minimum absolute atomic E-state index is 0.170. The van der Waals surface area contributed by atoms with Crippen molar-refractivity contribution in [3.63, 3.8) is 0 Å². The van der Waals surface area contributed by atoms with Crippen molar-refractivity contribution in [2.45, 2.75) is 36.9 Å². The second-order valence-electron chi connectivity index (χ2n) is 5.01. The molecular weight excluding hydrogens is 288 g/mol. The van der Waals surface area contributed by atoms with Crippen LogP contribution in [0.5, 0.6) is 0 Å². The van der Waals surface area contributed by atoms with Gasteiger partial charge in [0, 0.05) is 4.83 Å². The number of methoxy groups -OCH3 is 2. The van der Waals surface area contributed by atoms with Crippen molar-refractivity contribution in [3.8, 4) is 0 Å². The minimum Gasteiger partial charge on any atom is -0.469 e. The molecule has 96 valence electrons. The Labute approximate surface area is 109 Å². The highest BCUT2D eigenvalue weighted by molar-refractivity contribution is 9.09. The van der Waals surface area contributed by atoms with Gasteiger partial charge in [-0.2, -0.15) is 0 Å². The number of esters is 2. The Bertz CT molecular complexity index is 324. The molecule has 2 bridgehead atoms. The summed E-state index contributed by atoms with van der Waals surface area (Å²) in [5.41, 5.74) is -1.08. The summed E-state index contributed by atoms with van der Waals surface area (Å²) in [6.07, 6.45) is 3.84. The van der Waals surface area contributed by atoms with E-state index in [2.05, 4.69) is 15.9 Å². The fourth-order valence-corrected chi connectivity index (χ4v) is 4.76. The molecule has 0 radical (unpaired) electrons. The Morgan fingerprint density at radius 1 is 1.00 bits per heavy atom. The average Bonchev–Trinajstić information content (AvgIpc) is 2.55. The number of alkyl halides is 1. The molecule has 0 N–H and O–H groups in total. The third-order valence-electron chi connectivity index (χ3n) is 4.42. The van der Waals surface area contributed by atoms with E-state index < -0.39 is 10.8 Å². The lowest BCUT2D eigenvalue weighted by molar-refractivity contribution is -0.159. The van der Waals surface area contributed by atoms with Crippen LogP contribution >= 0.6 is 15.9 Å². The molecule has 0 aliphatic heterocycles. The molecule has 0 aromatic carbocycles. The zero-order valence-electron chi connectivity index (χ0n) is 10.1. The molecule has 2 saturated carbocycles. The first kappa shape index (κ1) is 12.9. The van der Waals surface area contributed by atoms with E-state index >= 15 is 0 Å². The molecule has 17 heavy (non-hydrogen) atoms. The highest BCUT2D eigenvalue weighted by atomic mass is 79.9. The first-order chi connectivity index (χ1) is 8.03. The maximum Gasteiger partial charge on any atom is 0.312 e. The van der Waals surface area contributed by atoms with Crippen LogP contribution in [0.3, 0.4) is 0 Å². The molecule has 0 aromatic rings. The Balaban J connectivity index is 2.37. The summed E-state index contributed by atoms with van der Waals surface area (Å²) in [6, 6.07) is 0. The van der Waals surface area contributed by atoms with Crippen LogP contribution in [0.1, 0.15) is 32.1 Å². The standard InChI is InChI=1S/C12H17BrO4/c1-16-9(14)11-4-3-5-12(7-6-11,8(11)13)10(15)17-2/h8H,3-7H2,1-2H3. The van der Waals surface area contributed by atoms with E-state index in [1.807, 2.05) is 0 Å². The van der Waals surface area contributed by atoms with Crippen LogP contribution in [-0.2, 0) is 19.1 Å². The summed E-state index contributed by atoms with van der Waals surface area (Å²) in [6.45, 7) is 0. The van der Waals surface area contributed by atoms with Gasteiger partial charge in [0.15, 0.2) is 0 Å². The Morgan fingerprint density at radius 3 is 1.76 bits per heavy atom. The van der Waals surface area contributed by atoms with E-state index in [-0.39, 0.29) is 16.8 Å². The summed E-state index contributed by atoms with van der Waals surface area (Å²) in [7, 11) is 2.81. The van der Waals surface area contributed by atoms with Gasteiger partial charge in [-0.3, -0.25) is 9.59 Å². The van der Waals surface area contributed by atoms with Crippen LogP contribution in [0.25, 0.3) is 0 Å². The zero-order valence-corrected chi connectivity index (χ0v) is 11.7. The van der Waals surface area contributed by atoms with Gasteiger partial charge < -0.3 is 9.47 Å². The predicted octanol–water partition coefficient (Wildman–Crippen LogP) is 2.05. The lowest BCUT2D eigenvalue weighted by Crippen LogP contribution is -2.49. The topological polar surface area (TPSA) is 52.6 Å². The molecule has 5 heteroatoms. The number of carbonyl (C=O) groups excluding carboxylic acids is 2. The van der Waals surface area contributed by atoms with Crippen LogP contribution in [-0.4, -0.2) is 31.0 Å². The zero-order chi connectivity index (χ0) is 12.7. The smallest absolute Gasteiger partial charge is 0.312 e. The molecular formula is C12H17BrO4. The molecule has 2 rings (SSSR count). The number of halogens is 1. The van der Waals surface area contributed by atoms with Crippen molar-refractivity contribution < 1.29 is 19.1 Å². The first-order valence-electron chi connectivity index (χ1n) is 5.84. The number of rotatable bonds is 2. The molecule has 0 heterocycles. The molecule has 4 nitrogen and oxygen atoms in total. The molecule has 0 amide bonds. The molecule has 2 fully saturated rings. The highest BCUT2D eigenvalue weighted by Crippen LogP contribution is 2.62. The molecule has 2 aliphatic rings. The fourth-order valence-electron chi connectivity index (χ4n) is 3.47. The van der Waals surface area contributed by atoms with Crippen LogP contribution in [0.15, 0.2) is 0 Å². The number of carbonyl (C=O) groups is 2. The van der Waals surface area contributed by atoms with E-state index in [4.69, 9.17) is 9.47 Å². The van der Waals surface area contributed by atoms with Crippen LogP contribution in [0.4, 0.5) is 0 Å². The van der Waals surface area contributed by atoms with Crippen molar-refractivity contribution in [1.29, 1.82) is 0 Å². The Kier molecular flexibility index (Phi) is 3.23. The maximum absolute atomic E-state index is 12.0. The van der Waals surface area contributed by atoms with E-state index in [0.29, 0.717) is 12.8 Å². The lowest BCUT2D eigenvalue weighted by atomic mass is 9.69. The van der Waals surface area contributed by atoms with Gasteiger partial charge in [-0.25, -0.2) is 0 Å². The van der Waals surface area contributed by atoms with Crippen LogP contribution in [0.2, 0.25) is 0 Å². The molecule has 2 unspecified atom stereocenters. The van der Waals surface area contributed by atoms with Crippen molar-refractivity contribution in [3.05, 3.63) is 0 Å². The second kappa shape index (κ2) is 4.26. The van der Waals surface area contributed by atoms with Crippen molar-refractivity contribution in [2.24, 2.45) is 10.8 Å². The monoisotopic (exact) mass is 304 g/mol. The van der Waals surface area contributed by atoms with Crippen LogP contribution in [0, 0.1) is 10.8 Å². The van der Waals surface area contributed by atoms with Gasteiger partial charge in [-0.1, -0.05) is 22.4 Å². The van der Waals surface area contributed by atoms with Crippen molar-refractivity contribution in [2.75, 3.05) is 14.2 Å². The van der Waals surface area contributed by atoms with Gasteiger partial charge in [0.2, 0.25) is 0 Å². The first-order valence-corrected chi connectivity index (χ1v) is 6.76. The molecule has 2 atom stereocenters. The highest BCUT2D eigenvalue weighted by Gasteiger charge is 2.65. The molecule has 2 aliphatic carbocycles. The largest absolute Gasteiger partial charge is 0.469 e. The molecule has 0 aromatic heterocycles. The van der Waals surface area contributed by atoms with Crippen molar-refractivity contribution >= 4 is 27.9 Å². The normalized spacial score (nSPS) is 39.8. The summed E-state index contributed by atoms with van der Waals surface area (Å²) >= 11 is 3.58. The Morgan fingerprint density at radius 2 is 1.41 bits per heavy atom. The van der Waals surface area contributed by atoms with Gasteiger partial charge in [0.25, 0.3) is 0 Å². The van der Waals surface area contributed by atoms with E-state index in [1.54, 1.807) is 0 Å². The third-order valence-corrected chi connectivity index (χ3v) is 6.17. The second-order valence-corrected chi connectivity index (χ2v) is 5.93. The molecule has 0 spiro atoms. The van der Waals surface area contributed by atoms with Gasteiger partial charge in [0.05, 0.1) is 25.0 Å². The van der Waals surface area contributed by atoms with E-state index in [9.17, 15) is 9.59 Å². The number of ether oxygens (including phenoxy) is 2. The van der Waals surface area contributed by atoms with Gasteiger partial charge >= 0.3 is 11.9 Å². The maximum atomic E-state index is 12.0. The molecule has 0 saturated heterocycles. The summed E-state index contributed by atoms with van der Waals surface area (Å²) in [5.74, 6) is -0.408. The van der Waals surface area contributed by atoms with E-state index in [1.165, 1.54) is 14.2 Å². The summed E-state index contributed by atoms with van der Waals surface area (Å²) in [4.78, 5) is 23.8. The lowest BCUT2D eigenvalue weighted by Gasteiger charge is -2.40. The van der Waals surface area contributed by atoms with Gasteiger partial charge in [-0.05, 0) is 25.7 Å². The average molecular weight is 305 g/mol. The van der Waals surface area contributed by atoms with E-state index in [0.717, 1.165) is 19.3 Å². The third kappa shape index (κ3) is 1.54. The minimum atomic E-state index is -0.540. The Hall–Kier alpha value is -0.580. The SMILES string of the molecule is COC(=O)C12CCCC(C(=O)OC)(CC1)C2Br. The van der Waals surface area contributed by atoms with Crippen molar-refractivity contribution in [1.82, 2.24) is 0 Å². The quantitative estimate of drug-likeness (QED) is 0.579. The summed E-state index contributed by atoms with van der Waals surface area (Å²) in [5, 5.41) is 0. The van der Waals surface area contributed by atoms with Gasteiger partial charge in [0.1, 0.15) is 0 Å². The number of fused-ring (bicyclic) bond motifs is 2. The fraction of sp³-hybridized carbons (Fsp3) is 0.833. The summed E-state index contributed by atoms with van der Waals surface area (Å²) < 4.78 is 9.84. The predicted molar refractivity (Wildman–Crippen MR) is 64.7 cm³/mol. The number of hydrogen-bond acceptors (Lipinski definition) is 4. The van der Waals surface area contributed by atoms with Gasteiger partial charge in [-0.15, -0.1) is 0 Å². The van der Waals surface area contributed by atoms with Crippen LogP contribution < -0.4 is 0 Å². The number of hydrogen-bond donors (Lipinski definition) is 0.